The molecule has 2 rings (SSSR count). The number of hydrogen-bond acceptors (Lipinski definition) is 4. The fourth-order valence-electron chi connectivity index (χ4n) is 1.66. The largest absolute Gasteiger partial charge is 0.504 e. The Bertz CT molecular complexity index is 680. The summed E-state index contributed by atoms with van der Waals surface area (Å²) in [5.74, 6) is -0.468. The average molecular weight is 349 g/mol. The number of carbonyl (C=O) groups is 1. The predicted octanol–water partition coefficient (Wildman–Crippen LogP) is 3.61. The first-order valence-electron chi connectivity index (χ1n) is 6.16. The van der Waals surface area contributed by atoms with Gasteiger partial charge in [0.05, 0.1) is 0 Å². The monoisotopic (exact) mass is 348 g/mol. The van der Waals surface area contributed by atoms with Crippen LogP contribution in [-0.2, 0) is 10.1 Å². The topological polar surface area (TPSA) is 66.8 Å². The number of phenolic OH excluding ortho intramolecular Hbond substituents is 2. The quantitative estimate of drug-likeness (QED) is 0.291. The van der Waals surface area contributed by atoms with Crippen LogP contribution in [0.1, 0.15) is 11.1 Å². The zero-order valence-electron chi connectivity index (χ0n) is 11.0. The van der Waals surface area contributed by atoms with Gasteiger partial charge in [-0.2, -0.15) is 0 Å². The van der Waals surface area contributed by atoms with E-state index in [9.17, 15) is 15.0 Å². The first-order valence-corrected chi connectivity index (χ1v) is 7.28. The third-order valence-corrected chi connectivity index (χ3v) is 3.34. The maximum Gasteiger partial charge on any atom is 0.336 e. The van der Waals surface area contributed by atoms with Gasteiger partial charge in [0.25, 0.3) is 0 Å². The Hall–Kier alpha value is -2.27. The molecule has 5 heteroatoms. The minimum Gasteiger partial charge on any atom is -0.504 e. The summed E-state index contributed by atoms with van der Waals surface area (Å²) in [6.07, 6.45) is 2.76. The van der Waals surface area contributed by atoms with Crippen LogP contribution >= 0.6 is 15.9 Å². The first-order chi connectivity index (χ1) is 10.1. The number of ether oxygens (including phenoxy) is 1. The van der Waals surface area contributed by atoms with Gasteiger partial charge in [0, 0.05) is 17.0 Å². The molecule has 0 heterocycles. The molecule has 0 aliphatic carbocycles. The third-order valence-electron chi connectivity index (χ3n) is 2.74. The van der Waals surface area contributed by atoms with Crippen molar-refractivity contribution in [2.45, 2.75) is 5.33 Å². The van der Waals surface area contributed by atoms with Crippen molar-refractivity contribution in [3.63, 3.8) is 0 Å². The molecule has 0 aliphatic rings. The normalized spacial score (nSPS) is 10.7. The molecule has 2 N–H and O–H groups in total. The van der Waals surface area contributed by atoms with Gasteiger partial charge in [-0.15, -0.1) is 0 Å². The first kappa shape index (κ1) is 15.1. The zero-order valence-corrected chi connectivity index (χ0v) is 12.6. The molecule has 0 atom stereocenters. The zero-order chi connectivity index (χ0) is 15.2. The van der Waals surface area contributed by atoms with Gasteiger partial charge in [-0.25, -0.2) is 4.79 Å². The molecule has 0 aliphatic heterocycles. The summed E-state index contributed by atoms with van der Waals surface area (Å²) >= 11 is 3.33. The third kappa shape index (κ3) is 4.10. The number of halogens is 1. The second-order valence-corrected chi connectivity index (χ2v) is 4.80. The molecule has 0 saturated heterocycles. The highest BCUT2D eigenvalue weighted by Gasteiger charge is 2.05. The summed E-state index contributed by atoms with van der Waals surface area (Å²) in [4.78, 5) is 11.8. The van der Waals surface area contributed by atoms with Crippen LogP contribution in [0.4, 0.5) is 0 Å². The van der Waals surface area contributed by atoms with E-state index in [-0.39, 0.29) is 11.5 Å². The number of para-hydroxylation sites is 1. The lowest BCUT2D eigenvalue weighted by molar-refractivity contribution is -0.128. The molecule has 0 fully saturated rings. The van der Waals surface area contributed by atoms with Crippen molar-refractivity contribution in [2.24, 2.45) is 0 Å². The Morgan fingerprint density at radius 1 is 1.14 bits per heavy atom. The van der Waals surface area contributed by atoms with E-state index in [1.165, 1.54) is 24.3 Å². The summed E-state index contributed by atoms with van der Waals surface area (Å²) in [5.41, 5.74) is 1.46. The van der Waals surface area contributed by atoms with Crippen molar-refractivity contribution in [1.82, 2.24) is 0 Å². The van der Waals surface area contributed by atoms with E-state index in [2.05, 4.69) is 15.9 Å². The number of esters is 1. The van der Waals surface area contributed by atoms with Crippen molar-refractivity contribution in [1.29, 1.82) is 0 Å². The van der Waals surface area contributed by atoms with Gasteiger partial charge in [-0.05, 0) is 29.8 Å². The SMILES string of the molecule is O=C(/C=C/c1ccc(O)c(O)c1)Oc1ccccc1CBr. The van der Waals surface area contributed by atoms with Gasteiger partial charge in [-0.1, -0.05) is 40.2 Å². The smallest absolute Gasteiger partial charge is 0.336 e. The summed E-state index contributed by atoms with van der Waals surface area (Å²) in [6.45, 7) is 0. The summed E-state index contributed by atoms with van der Waals surface area (Å²) in [6, 6.07) is 11.5. The van der Waals surface area contributed by atoms with E-state index in [0.29, 0.717) is 16.6 Å². The van der Waals surface area contributed by atoms with Crippen LogP contribution in [0, 0.1) is 0 Å². The number of alkyl halides is 1. The molecule has 0 bridgehead atoms. The van der Waals surface area contributed by atoms with Crippen molar-refractivity contribution in [2.75, 3.05) is 0 Å². The highest BCUT2D eigenvalue weighted by atomic mass is 79.9. The highest BCUT2D eigenvalue weighted by Crippen LogP contribution is 2.25. The van der Waals surface area contributed by atoms with Crippen LogP contribution < -0.4 is 4.74 Å². The van der Waals surface area contributed by atoms with E-state index in [1.807, 2.05) is 12.1 Å². The molecule has 108 valence electrons. The van der Waals surface area contributed by atoms with Gasteiger partial charge in [0.2, 0.25) is 0 Å². The van der Waals surface area contributed by atoms with E-state index < -0.39 is 5.97 Å². The summed E-state index contributed by atoms with van der Waals surface area (Å²) in [5, 5.41) is 19.2. The lowest BCUT2D eigenvalue weighted by Crippen LogP contribution is -2.05. The van der Waals surface area contributed by atoms with Crippen molar-refractivity contribution in [3.8, 4) is 17.2 Å². The Morgan fingerprint density at radius 3 is 2.62 bits per heavy atom. The molecular formula is C16H13BrO4. The molecule has 0 aromatic heterocycles. The summed E-state index contributed by atoms with van der Waals surface area (Å²) < 4.78 is 5.24. The van der Waals surface area contributed by atoms with Crippen molar-refractivity contribution < 1.29 is 19.7 Å². The molecule has 0 saturated carbocycles. The van der Waals surface area contributed by atoms with Gasteiger partial charge in [-0.3, -0.25) is 0 Å². The molecule has 2 aromatic rings. The lowest BCUT2D eigenvalue weighted by atomic mass is 10.2. The lowest BCUT2D eigenvalue weighted by Gasteiger charge is -2.05. The number of carbonyl (C=O) groups excluding carboxylic acids is 1. The van der Waals surface area contributed by atoms with Crippen LogP contribution in [0.5, 0.6) is 17.2 Å². The minimum atomic E-state index is -0.518. The van der Waals surface area contributed by atoms with Crippen LogP contribution in [-0.4, -0.2) is 16.2 Å². The van der Waals surface area contributed by atoms with Crippen LogP contribution in [0.25, 0.3) is 6.08 Å². The van der Waals surface area contributed by atoms with Crippen molar-refractivity contribution >= 4 is 28.0 Å². The highest BCUT2D eigenvalue weighted by molar-refractivity contribution is 9.08. The van der Waals surface area contributed by atoms with E-state index in [0.717, 1.165) is 5.56 Å². The Kier molecular flexibility index (Phi) is 5.00. The minimum absolute atomic E-state index is 0.207. The number of phenols is 2. The number of aromatic hydroxyl groups is 2. The van der Waals surface area contributed by atoms with E-state index in [4.69, 9.17) is 4.74 Å². The van der Waals surface area contributed by atoms with Gasteiger partial charge < -0.3 is 14.9 Å². The van der Waals surface area contributed by atoms with Gasteiger partial charge in [0.15, 0.2) is 11.5 Å². The number of hydrogen-bond donors (Lipinski definition) is 2. The molecule has 4 nitrogen and oxygen atoms in total. The Balaban J connectivity index is 2.07. The molecule has 0 radical (unpaired) electrons. The molecule has 0 unspecified atom stereocenters. The van der Waals surface area contributed by atoms with Gasteiger partial charge in [0.1, 0.15) is 5.75 Å². The van der Waals surface area contributed by atoms with Gasteiger partial charge >= 0.3 is 5.97 Å². The van der Waals surface area contributed by atoms with E-state index in [1.54, 1.807) is 18.2 Å². The Labute approximate surface area is 130 Å². The molecule has 0 amide bonds. The van der Waals surface area contributed by atoms with Crippen LogP contribution in [0.15, 0.2) is 48.5 Å². The van der Waals surface area contributed by atoms with Crippen LogP contribution in [0.2, 0.25) is 0 Å². The maximum absolute atomic E-state index is 11.8. The fraction of sp³-hybridized carbons (Fsp3) is 0.0625. The summed E-state index contributed by atoms with van der Waals surface area (Å²) in [7, 11) is 0. The Morgan fingerprint density at radius 2 is 1.90 bits per heavy atom. The molecular weight excluding hydrogens is 336 g/mol. The molecule has 2 aromatic carbocycles. The standard InChI is InChI=1S/C16H13BrO4/c17-10-12-3-1-2-4-15(12)21-16(20)8-6-11-5-7-13(18)14(19)9-11/h1-9,18-19H,10H2/b8-6+. The number of benzene rings is 2. The van der Waals surface area contributed by atoms with Crippen LogP contribution in [0.3, 0.4) is 0 Å². The fourth-order valence-corrected chi connectivity index (χ4v) is 2.13. The molecule has 0 spiro atoms. The average Bonchev–Trinajstić information content (AvgIpc) is 2.49. The maximum atomic E-state index is 11.8. The number of rotatable bonds is 4. The molecule has 21 heavy (non-hydrogen) atoms. The second kappa shape index (κ2) is 6.95. The van der Waals surface area contributed by atoms with E-state index >= 15 is 0 Å². The second-order valence-electron chi connectivity index (χ2n) is 4.24. The van der Waals surface area contributed by atoms with Crippen molar-refractivity contribution in [3.05, 3.63) is 59.7 Å². The predicted molar refractivity (Wildman–Crippen MR) is 83.5 cm³/mol.